The number of nitrogens with one attached hydrogen (secondary N) is 1. The van der Waals surface area contributed by atoms with Crippen LogP contribution in [0.3, 0.4) is 0 Å². The van der Waals surface area contributed by atoms with Crippen LogP contribution in [-0.4, -0.2) is 22.6 Å². The highest BCUT2D eigenvalue weighted by Crippen LogP contribution is 2.37. The van der Waals surface area contributed by atoms with Crippen molar-refractivity contribution in [2.24, 2.45) is 0 Å². The normalized spacial score (nSPS) is 28.2. The molecule has 0 aromatic carbocycles. The van der Waals surface area contributed by atoms with Gasteiger partial charge in [0, 0.05) is 30.4 Å². The maximum absolute atomic E-state index is 4.26. The number of hydrogen-bond acceptors (Lipinski definition) is 2. The molecule has 2 fully saturated rings. The average molecular weight is 177 g/mol. The van der Waals surface area contributed by atoms with Crippen LogP contribution < -0.4 is 5.32 Å². The molecular weight excluding hydrogens is 162 g/mol. The Balaban J connectivity index is 1.88. The molecule has 2 aliphatic rings. The first kappa shape index (κ1) is 7.56. The lowest BCUT2D eigenvalue weighted by Crippen LogP contribution is -2.10. The first-order valence-electron chi connectivity index (χ1n) is 5.17. The van der Waals surface area contributed by atoms with E-state index in [2.05, 4.69) is 21.1 Å². The molecule has 1 saturated carbocycles. The van der Waals surface area contributed by atoms with Gasteiger partial charge in [0.2, 0.25) is 0 Å². The number of rotatable bonds is 2. The van der Waals surface area contributed by atoms with E-state index in [1.165, 1.54) is 31.5 Å². The van der Waals surface area contributed by atoms with Crippen molar-refractivity contribution < 1.29 is 0 Å². The zero-order valence-corrected chi connectivity index (χ0v) is 7.74. The molecule has 3 nitrogen and oxygen atoms in total. The van der Waals surface area contributed by atoms with E-state index in [4.69, 9.17) is 0 Å². The fraction of sp³-hybridized carbons (Fsp3) is 0.700. The lowest BCUT2D eigenvalue weighted by molar-refractivity contribution is 0.629. The van der Waals surface area contributed by atoms with E-state index in [9.17, 15) is 0 Å². The maximum Gasteiger partial charge on any atom is 0.0950 e. The van der Waals surface area contributed by atoms with Crippen LogP contribution in [0.15, 0.2) is 12.5 Å². The standard InChI is InChI=1S/C10H15N3/c1-2-9(1)13-7-12-6-10(13)8-3-4-11-5-8/h6-9,11H,1-5H2. The van der Waals surface area contributed by atoms with Gasteiger partial charge in [-0.3, -0.25) is 0 Å². The van der Waals surface area contributed by atoms with E-state index in [1.54, 1.807) is 0 Å². The van der Waals surface area contributed by atoms with Crippen molar-refractivity contribution in [3.8, 4) is 0 Å². The summed E-state index contributed by atoms with van der Waals surface area (Å²) in [5.74, 6) is 0.711. The average Bonchev–Trinajstić information content (AvgIpc) is 2.72. The molecule has 1 aliphatic heterocycles. The van der Waals surface area contributed by atoms with E-state index >= 15 is 0 Å². The van der Waals surface area contributed by atoms with Crippen molar-refractivity contribution in [3.05, 3.63) is 18.2 Å². The van der Waals surface area contributed by atoms with Crippen LogP contribution in [0.4, 0.5) is 0 Å². The van der Waals surface area contributed by atoms with Crippen LogP contribution in [0.25, 0.3) is 0 Å². The molecule has 0 amide bonds. The van der Waals surface area contributed by atoms with Crippen LogP contribution >= 0.6 is 0 Å². The molecule has 0 bridgehead atoms. The lowest BCUT2D eigenvalue weighted by atomic mass is 10.1. The Morgan fingerprint density at radius 1 is 1.38 bits per heavy atom. The van der Waals surface area contributed by atoms with E-state index in [1.807, 2.05) is 6.33 Å². The first-order valence-corrected chi connectivity index (χ1v) is 5.17. The summed E-state index contributed by atoms with van der Waals surface area (Å²) in [7, 11) is 0. The van der Waals surface area contributed by atoms with Gasteiger partial charge in [0.05, 0.1) is 6.33 Å². The Hall–Kier alpha value is -0.830. The minimum absolute atomic E-state index is 0.711. The Morgan fingerprint density at radius 2 is 2.31 bits per heavy atom. The Morgan fingerprint density at radius 3 is 3.00 bits per heavy atom. The zero-order valence-electron chi connectivity index (χ0n) is 7.74. The third-order valence-electron chi connectivity index (χ3n) is 3.11. The van der Waals surface area contributed by atoms with Gasteiger partial charge in [0.1, 0.15) is 0 Å². The molecule has 3 rings (SSSR count). The largest absolute Gasteiger partial charge is 0.331 e. The van der Waals surface area contributed by atoms with Crippen LogP contribution in [0.1, 0.15) is 36.9 Å². The molecular formula is C10H15N3. The molecule has 13 heavy (non-hydrogen) atoms. The van der Waals surface area contributed by atoms with Gasteiger partial charge >= 0.3 is 0 Å². The second-order valence-corrected chi connectivity index (χ2v) is 4.15. The second kappa shape index (κ2) is 2.84. The van der Waals surface area contributed by atoms with Crippen molar-refractivity contribution in [1.29, 1.82) is 0 Å². The Labute approximate surface area is 78.2 Å². The highest BCUT2D eigenvalue weighted by atomic mass is 15.1. The summed E-state index contributed by atoms with van der Waals surface area (Å²) in [6.45, 7) is 2.30. The zero-order chi connectivity index (χ0) is 8.67. The summed E-state index contributed by atoms with van der Waals surface area (Å²) >= 11 is 0. The molecule has 1 saturated heterocycles. The molecule has 1 aliphatic carbocycles. The summed E-state index contributed by atoms with van der Waals surface area (Å²) in [6.07, 6.45) is 8.03. The minimum Gasteiger partial charge on any atom is -0.331 e. The summed E-state index contributed by atoms with van der Waals surface area (Å²) in [4.78, 5) is 4.26. The molecule has 1 unspecified atom stereocenters. The third kappa shape index (κ3) is 1.27. The number of aromatic nitrogens is 2. The quantitative estimate of drug-likeness (QED) is 0.737. The minimum atomic E-state index is 0.711. The molecule has 70 valence electrons. The second-order valence-electron chi connectivity index (χ2n) is 4.15. The summed E-state index contributed by atoms with van der Waals surface area (Å²) < 4.78 is 2.39. The molecule has 0 radical (unpaired) electrons. The van der Waals surface area contributed by atoms with Crippen molar-refractivity contribution >= 4 is 0 Å². The lowest BCUT2D eigenvalue weighted by Gasteiger charge is -2.11. The summed E-state index contributed by atoms with van der Waals surface area (Å²) in [6, 6.07) is 0.776. The number of imidazole rings is 1. The number of nitrogens with zero attached hydrogens (tertiary/aromatic N) is 2. The molecule has 1 aromatic rings. The fourth-order valence-electron chi connectivity index (χ4n) is 2.20. The predicted molar refractivity (Wildman–Crippen MR) is 50.7 cm³/mol. The molecule has 1 atom stereocenters. The predicted octanol–water partition coefficient (Wildman–Crippen LogP) is 1.29. The molecule has 1 aromatic heterocycles. The topological polar surface area (TPSA) is 29.9 Å². The van der Waals surface area contributed by atoms with Crippen molar-refractivity contribution in [2.45, 2.75) is 31.2 Å². The smallest absolute Gasteiger partial charge is 0.0950 e. The van der Waals surface area contributed by atoms with Gasteiger partial charge in [-0.25, -0.2) is 4.98 Å². The first-order chi connectivity index (χ1) is 6.45. The fourth-order valence-corrected chi connectivity index (χ4v) is 2.20. The van der Waals surface area contributed by atoms with Crippen LogP contribution in [0.5, 0.6) is 0 Å². The SMILES string of the molecule is c1ncn(C2CC2)c1C1CCNC1. The molecule has 2 heterocycles. The van der Waals surface area contributed by atoms with Gasteiger partial charge in [0.15, 0.2) is 0 Å². The van der Waals surface area contributed by atoms with Crippen molar-refractivity contribution in [1.82, 2.24) is 14.9 Å². The van der Waals surface area contributed by atoms with Crippen molar-refractivity contribution in [2.75, 3.05) is 13.1 Å². The van der Waals surface area contributed by atoms with E-state index in [0.717, 1.165) is 12.6 Å². The molecule has 3 heteroatoms. The van der Waals surface area contributed by atoms with Gasteiger partial charge in [-0.05, 0) is 25.8 Å². The summed E-state index contributed by atoms with van der Waals surface area (Å²) in [5.41, 5.74) is 1.45. The van der Waals surface area contributed by atoms with Gasteiger partial charge in [-0.2, -0.15) is 0 Å². The van der Waals surface area contributed by atoms with Crippen LogP contribution in [0, 0.1) is 0 Å². The van der Waals surface area contributed by atoms with Gasteiger partial charge in [-0.15, -0.1) is 0 Å². The Bertz CT molecular complexity index is 295. The van der Waals surface area contributed by atoms with Gasteiger partial charge < -0.3 is 9.88 Å². The van der Waals surface area contributed by atoms with Gasteiger partial charge in [-0.1, -0.05) is 0 Å². The molecule has 1 N–H and O–H groups in total. The van der Waals surface area contributed by atoms with E-state index in [-0.39, 0.29) is 0 Å². The molecule has 0 spiro atoms. The van der Waals surface area contributed by atoms with Gasteiger partial charge in [0.25, 0.3) is 0 Å². The highest BCUT2D eigenvalue weighted by Gasteiger charge is 2.28. The Kier molecular flexibility index (Phi) is 1.65. The van der Waals surface area contributed by atoms with E-state index in [0.29, 0.717) is 5.92 Å². The third-order valence-corrected chi connectivity index (χ3v) is 3.11. The van der Waals surface area contributed by atoms with Crippen LogP contribution in [0.2, 0.25) is 0 Å². The summed E-state index contributed by atoms with van der Waals surface area (Å²) in [5, 5.41) is 3.41. The monoisotopic (exact) mass is 177 g/mol. The van der Waals surface area contributed by atoms with E-state index < -0.39 is 0 Å². The number of hydrogen-bond donors (Lipinski definition) is 1. The van der Waals surface area contributed by atoms with Crippen LogP contribution in [-0.2, 0) is 0 Å². The highest BCUT2D eigenvalue weighted by molar-refractivity contribution is 5.12. The maximum atomic E-state index is 4.26. The van der Waals surface area contributed by atoms with Crippen molar-refractivity contribution in [3.63, 3.8) is 0 Å².